The smallest absolute Gasteiger partial charge is 0.227 e. The van der Waals surface area contributed by atoms with Crippen molar-refractivity contribution in [3.63, 3.8) is 0 Å². The zero-order chi connectivity index (χ0) is 11.5. The lowest BCUT2D eigenvalue weighted by Crippen LogP contribution is -2.24. The SMILES string of the molecule is C=CC1CC(=O)N(c2ccc(OC)nc2)C1. The van der Waals surface area contributed by atoms with Gasteiger partial charge in [0, 0.05) is 24.9 Å². The van der Waals surface area contributed by atoms with Crippen LogP contribution in [0.2, 0.25) is 0 Å². The Morgan fingerprint density at radius 2 is 2.44 bits per heavy atom. The zero-order valence-electron chi connectivity index (χ0n) is 9.22. The number of nitrogens with zero attached hydrogens (tertiary/aromatic N) is 2. The van der Waals surface area contributed by atoms with Crippen LogP contribution in [0.1, 0.15) is 6.42 Å². The average Bonchev–Trinajstić information content (AvgIpc) is 2.71. The van der Waals surface area contributed by atoms with E-state index >= 15 is 0 Å². The largest absolute Gasteiger partial charge is 0.481 e. The van der Waals surface area contributed by atoms with E-state index in [4.69, 9.17) is 4.74 Å². The molecule has 1 amide bonds. The lowest BCUT2D eigenvalue weighted by atomic mass is 10.1. The van der Waals surface area contributed by atoms with E-state index < -0.39 is 0 Å². The first kappa shape index (κ1) is 10.7. The van der Waals surface area contributed by atoms with Gasteiger partial charge in [0.2, 0.25) is 11.8 Å². The second-order valence-electron chi connectivity index (χ2n) is 3.76. The van der Waals surface area contributed by atoms with E-state index in [-0.39, 0.29) is 11.8 Å². The summed E-state index contributed by atoms with van der Waals surface area (Å²) in [5.41, 5.74) is 0.815. The van der Waals surface area contributed by atoms with Gasteiger partial charge in [-0.05, 0) is 6.07 Å². The highest BCUT2D eigenvalue weighted by Gasteiger charge is 2.28. The van der Waals surface area contributed by atoms with Gasteiger partial charge in [-0.3, -0.25) is 4.79 Å². The Morgan fingerprint density at radius 3 is 2.94 bits per heavy atom. The standard InChI is InChI=1S/C12H14N2O2/c1-3-9-6-12(15)14(8-9)10-4-5-11(16-2)13-7-10/h3-5,7,9H,1,6,8H2,2H3. The molecular formula is C12H14N2O2. The van der Waals surface area contributed by atoms with Crippen LogP contribution >= 0.6 is 0 Å². The highest BCUT2D eigenvalue weighted by Crippen LogP contribution is 2.25. The Balaban J connectivity index is 2.17. The van der Waals surface area contributed by atoms with Crippen LogP contribution in [0.25, 0.3) is 0 Å². The maximum Gasteiger partial charge on any atom is 0.227 e. The van der Waals surface area contributed by atoms with Gasteiger partial charge in [-0.15, -0.1) is 6.58 Å². The number of ether oxygens (including phenoxy) is 1. The Labute approximate surface area is 94.5 Å². The van der Waals surface area contributed by atoms with Gasteiger partial charge in [0.1, 0.15) is 0 Å². The van der Waals surface area contributed by atoms with Gasteiger partial charge < -0.3 is 9.64 Å². The number of aromatic nitrogens is 1. The van der Waals surface area contributed by atoms with Crippen molar-refractivity contribution in [3.05, 3.63) is 31.0 Å². The van der Waals surface area contributed by atoms with E-state index in [2.05, 4.69) is 11.6 Å². The first-order chi connectivity index (χ1) is 7.74. The fourth-order valence-corrected chi connectivity index (χ4v) is 1.80. The van der Waals surface area contributed by atoms with Crippen molar-refractivity contribution in [2.24, 2.45) is 5.92 Å². The van der Waals surface area contributed by atoms with Gasteiger partial charge in [-0.25, -0.2) is 4.98 Å². The van der Waals surface area contributed by atoms with Crippen LogP contribution in [0.4, 0.5) is 5.69 Å². The zero-order valence-corrected chi connectivity index (χ0v) is 9.22. The predicted octanol–water partition coefficient (Wildman–Crippen LogP) is 1.63. The van der Waals surface area contributed by atoms with Crippen molar-refractivity contribution < 1.29 is 9.53 Å². The van der Waals surface area contributed by atoms with Crippen LogP contribution in [-0.2, 0) is 4.79 Å². The number of pyridine rings is 1. The van der Waals surface area contributed by atoms with Crippen molar-refractivity contribution in [1.29, 1.82) is 0 Å². The highest BCUT2D eigenvalue weighted by atomic mass is 16.5. The topological polar surface area (TPSA) is 42.4 Å². The number of rotatable bonds is 3. The second kappa shape index (κ2) is 4.35. The molecule has 0 radical (unpaired) electrons. The third-order valence-electron chi connectivity index (χ3n) is 2.73. The molecule has 1 saturated heterocycles. The van der Waals surface area contributed by atoms with E-state index in [0.717, 1.165) is 5.69 Å². The van der Waals surface area contributed by atoms with Crippen LogP contribution in [-0.4, -0.2) is 24.5 Å². The Bertz CT molecular complexity index is 400. The molecule has 1 fully saturated rings. The van der Waals surface area contributed by atoms with Crippen LogP contribution in [0.15, 0.2) is 31.0 Å². The molecule has 0 spiro atoms. The van der Waals surface area contributed by atoms with Crippen molar-refractivity contribution in [2.45, 2.75) is 6.42 Å². The third-order valence-corrected chi connectivity index (χ3v) is 2.73. The Kier molecular flexibility index (Phi) is 2.90. The average molecular weight is 218 g/mol. The molecule has 2 rings (SSSR count). The number of anilines is 1. The number of amides is 1. The van der Waals surface area contributed by atoms with E-state index in [1.807, 2.05) is 12.1 Å². The summed E-state index contributed by atoms with van der Waals surface area (Å²) in [4.78, 5) is 17.5. The van der Waals surface area contributed by atoms with Crippen molar-refractivity contribution in [2.75, 3.05) is 18.6 Å². The third kappa shape index (κ3) is 1.91. The van der Waals surface area contributed by atoms with Crippen molar-refractivity contribution >= 4 is 11.6 Å². The second-order valence-corrected chi connectivity index (χ2v) is 3.76. The van der Waals surface area contributed by atoms with E-state index in [1.165, 1.54) is 0 Å². The molecule has 0 aliphatic carbocycles. The summed E-state index contributed by atoms with van der Waals surface area (Å²) >= 11 is 0. The van der Waals surface area contributed by atoms with Gasteiger partial charge >= 0.3 is 0 Å². The van der Waals surface area contributed by atoms with Gasteiger partial charge in [-0.1, -0.05) is 6.08 Å². The van der Waals surface area contributed by atoms with E-state index in [0.29, 0.717) is 18.8 Å². The molecule has 16 heavy (non-hydrogen) atoms. The summed E-state index contributed by atoms with van der Waals surface area (Å²) in [6.07, 6.45) is 4.02. The van der Waals surface area contributed by atoms with Gasteiger partial charge in [0.15, 0.2) is 0 Å². The molecule has 0 N–H and O–H groups in total. The lowest BCUT2D eigenvalue weighted by Gasteiger charge is -2.15. The van der Waals surface area contributed by atoms with Gasteiger partial charge in [0.05, 0.1) is 19.0 Å². The Hall–Kier alpha value is -1.84. The minimum absolute atomic E-state index is 0.122. The predicted molar refractivity (Wildman–Crippen MR) is 61.4 cm³/mol. The molecule has 1 aliphatic heterocycles. The molecule has 4 nitrogen and oxygen atoms in total. The minimum atomic E-state index is 0.122. The van der Waals surface area contributed by atoms with Crippen molar-refractivity contribution in [3.8, 4) is 5.88 Å². The maximum atomic E-state index is 11.7. The molecule has 0 bridgehead atoms. The Morgan fingerprint density at radius 1 is 1.62 bits per heavy atom. The summed E-state index contributed by atoms with van der Waals surface area (Å²) in [6.45, 7) is 4.41. The lowest BCUT2D eigenvalue weighted by molar-refractivity contribution is -0.117. The van der Waals surface area contributed by atoms with Crippen molar-refractivity contribution in [1.82, 2.24) is 4.98 Å². The van der Waals surface area contributed by atoms with Gasteiger partial charge in [0.25, 0.3) is 0 Å². The summed E-state index contributed by atoms with van der Waals surface area (Å²) < 4.78 is 4.97. The molecule has 0 aromatic carbocycles. The molecule has 1 aromatic rings. The number of hydrogen-bond donors (Lipinski definition) is 0. The monoisotopic (exact) mass is 218 g/mol. The van der Waals surface area contributed by atoms with Crippen LogP contribution in [0.5, 0.6) is 5.88 Å². The number of methoxy groups -OCH3 is 1. The number of carbonyl (C=O) groups excluding carboxylic acids is 1. The summed E-state index contributed by atoms with van der Waals surface area (Å²) in [6, 6.07) is 3.60. The quantitative estimate of drug-likeness (QED) is 0.724. The number of hydrogen-bond acceptors (Lipinski definition) is 3. The molecule has 2 heterocycles. The summed E-state index contributed by atoms with van der Waals surface area (Å²) in [7, 11) is 1.57. The molecular weight excluding hydrogens is 204 g/mol. The molecule has 0 saturated carbocycles. The highest BCUT2D eigenvalue weighted by molar-refractivity contribution is 5.95. The maximum absolute atomic E-state index is 11.7. The molecule has 4 heteroatoms. The number of carbonyl (C=O) groups is 1. The summed E-state index contributed by atoms with van der Waals surface area (Å²) in [5, 5.41) is 0. The van der Waals surface area contributed by atoms with Crippen LogP contribution < -0.4 is 9.64 Å². The molecule has 1 unspecified atom stereocenters. The van der Waals surface area contributed by atoms with Crippen LogP contribution in [0, 0.1) is 5.92 Å². The van der Waals surface area contributed by atoms with E-state index in [1.54, 1.807) is 24.3 Å². The fourth-order valence-electron chi connectivity index (χ4n) is 1.80. The molecule has 1 aliphatic rings. The molecule has 1 atom stereocenters. The van der Waals surface area contributed by atoms with Gasteiger partial charge in [-0.2, -0.15) is 0 Å². The fraction of sp³-hybridized carbons (Fsp3) is 0.333. The summed E-state index contributed by atoms with van der Waals surface area (Å²) in [5.74, 6) is 0.919. The first-order valence-electron chi connectivity index (χ1n) is 5.17. The normalized spacial score (nSPS) is 19.9. The molecule has 84 valence electrons. The van der Waals surface area contributed by atoms with Crippen LogP contribution in [0.3, 0.4) is 0 Å². The first-order valence-corrected chi connectivity index (χ1v) is 5.17. The molecule has 1 aromatic heterocycles. The minimum Gasteiger partial charge on any atom is -0.481 e. The van der Waals surface area contributed by atoms with E-state index in [9.17, 15) is 4.79 Å².